The molecule has 2 heterocycles. The monoisotopic (exact) mass is 347 g/mol. The number of benzene rings is 1. The number of carbonyl (C=O) groups excluding carboxylic acids is 2. The van der Waals surface area contributed by atoms with Gasteiger partial charge in [-0.3, -0.25) is 10.1 Å². The highest BCUT2D eigenvalue weighted by atomic mass is 32.1. The van der Waals surface area contributed by atoms with Gasteiger partial charge in [0.05, 0.1) is 22.5 Å². The van der Waals surface area contributed by atoms with Crippen molar-refractivity contribution in [1.29, 1.82) is 0 Å². The van der Waals surface area contributed by atoms with Gasteiger partial charge in [0.1, 0.15) is 9.88 Å². The molecule has 23 heavy (non-hydrogen) atoms. The molecule has 0 atom stereocenters. The smallest absolute Gasteiger partial charge is 0.321 e. The number of nitrogens with one attached hydrogen (secondary N) is 2. The summed E-state index contributed by atoms with van der Waals surface area (Å²) >= 11 is 2.58. The van der Waals surface area contributed by atoms with Gasteiger partial charge in [-0.1, -0.05) is 23.5 Å². The summed E-state index contributed by atoms with van der Waals surface area (Å²) in [6.45, 7) is 1.93. The zero-order valence-corrected chi connectivity index (χ0v) is 13.8. The number of nitrogens with two attached hydrogens (primary N) is 1. The van der Waals surface area contributed by atoms with Crippen LogP contribution in [0.25, 0.3) is 10.2 Å². The minimum absolute atomic E-state index is 0.218. The fourth-order valence-electron chi connectivity index (χ4n) is 1.98. The fourth-order valence-corrected chi connectivity index (χ4v) is 3.70. The molecule has 3 rings (SSSR count). The minimum Gasteiger partial charge on any atom is -0.365 e. The highest BCUT2D eigenvalue weighted by Crippen LogP contribution is 2.25. The second-order valence-electron chi connectivity index (χ2n) is 4.68. The van der Waals surface area contributed by atoms with Crippen LogP contribution in [0.3, 0.4) is 0 Å². The van der Waals surface area contributed by atoms with Crippen LogP contribution in [0, 0.1) is 6.92 Å². The average Bonchev–Trinajstić information content (AvgIpc) is 3.07. The summed E-state index contributed by atoms with van der Waals surface area (Å²) in [4.78, 5) is 32.0. The molecule has 0 aliphatic rings. The van der Waals surface area contributed by atoms with Gasteiger partial charge in [-0.15, -0.1) is 11.3 Å². The molecule has 0 spiro atoms. The van der Waals surface area contributed by atoms with Crippen LogP contribution in [0.4, 0.5) is 9.93 Å². The largest absolute Gasteiger partial charge is 0.365 e. The van der Waals surface area contributed by atoms with Gasteiger partial charge in [-0.2, -0.15) is 0 Å². The number of carbonyl (C=O) groups is 2. The third-order valence-corrected chi connectivity index (χ3v) is 5.10. The van der Waals surface area contributed by atoms with Crippen LogP contribution in [-0.2, 0) is 6.54 Å². The lowest BCUT2D eigenvalue weighted by Crippen LogP contribution is -2.28. The van der Waals surface area contributed by atoms with Crippen molar-refractivity contribution in [2.24, 2.45) is 5.73 Å². The van der Waals surface area contributed by atoms with Crippen molar-refractivity contribution >= 4 is 50.0 Å². The molecule has 0 radical (unpaired) electrons. The fraction of sp³-hybridized carbons (Fsp3) is 0.143. The Morgan fingerprint density at radius 1 is 1.22 bits per heavy atom. The number of hydrogen-bond acceptors (Lipinski definition) is 6. The topological polar surface area (TPSA) is 110 Å². The summed E-state index contributed by atoms with van der Waals surface area (Å²) in [7, 11) is 0. The lowest BCUT2D eigenvalue weighted by Gasteiger charge is -2.02. The van der Waals surface area contributed by atoms with E-state index in [4.69, 9.17) is 5.73 Å². The van der Waals surface area contributed by atoms with Gasteiger partial charge in [0.2, 0.25) is 0 Å². The number of para-hydroxylation sites is 1. The summed E-state index contributed by atoms with van der Waals surface area (Å²) in [6, 6.07) is 7.27. The Kier molecular flexibility index (Phi) is 4.22. The molecule has 7 nitrogen and oxygen atoms in total. The average molecular weight is 347 g/mol. The molecule has 0 fully saturated rings. The molecule has 0 saturated heterocycles. The van der Waals surface area contributed by atoms with Gasteiger partial charge < -0.3 is 11.1 Å². The highest BCUT2D eigenvalue weighted by molar-refractivity contribution is 7.22. The van der Waals surface area contributed by atoms with E-state index in [2.05, 4.69) is 20.6 Å². The number of amides is 3. The molecular weight excluding hydrogens is 334 g/mol. The van der Waals surface area contributed by atoms with Gasteiger partial charge in [-0.05, 0) is 19.1 Å². The van der Waals surface area contributed by atoms with Gasteiger partial charge in [-0.25, -0.2) is 14.8 Å². The van der Waals surface area contributed by atoms with Crippen LogP contribution in [0.5, 0.6) is 0 Å². The number of anilines is 1. The van der Waals surface area contributed by atoms with E-state index in [0.29, 0.717) is 20.7 Å². The van der Waals surface area contributed by atoms with Gasteiger partial charge >= 0.3 is 6.03 Å². The van der Waals surface area contributed by atoms with Crippen LogP contribution >= 0.6 is 22.7 Å². The number of primary amides is 1. The molecule has 3 amide bonds. The number of thiazole rings is 2. The first kappa shape index (κ1) is 15.4. The zero-order chi connectivity index (χ0) is 16.4. The van der Waals surface area contributed by atoms with Crippen LogP contribution in [0.1, 0.15) is 20.4 Å². The summed E-state index contributed by atoms with van der Waals surface area (Å²) in [5.41, 5.74) is 6.66. The molecule has 0 unspecified atom stereocenters. The second-order valence-corrected chi connectivity index (χ2v) is 6.80. The summed E-state index contributed by atoms with van der Waals surface area (Å²) in [6.07, 6.45) is 0. The Bertz CT molecular complexity index is 853. The maximum Gasteiger partial charge on any atom is 0.321 e. The Morgan fingerprint density at radius 3 is 2.70 bits per heavy atom. The van der Waals surface area contributed by atoms with Crippen molar-refractivity contribution in [3.05, 3.63) is 39.8 Å². The van der Waals surface area contributed by atoms with Gasteiger partial charge in [0, 0.05) is 0 Å². The van der Waals surface area contributed by atoms with Crippen molar-refractivity contribution in [2.45, 2.75) is 13.5 Å². The van der Waals surface area contributed by atoms with Gasteiger partial charge in [0.15, 0.2) is 5.13 Å². The van der Waals surface area contributed by atoms with E-state index >= 15 is 0 Å². The first-order valence-corrected chi connectivity index (χ1v) is 8.33. The Morgan fingerprint density at radius 2 is 2.00 bits per heavy atom. The Labute approximate surface area is 139 Å². The first-order valence-electron chi connectivity index (χ1n) is 6.69. The molecule has 4 N–H and O–H groups in total. The van der Waals surface area contributed by atoms with E-state index < -0.39 is 5.91 Å². The number of urea groups is 1. The van der Waals surface area contributed by atoms with E-state index in [1.54, 1.807) is 6.92 Å². The normalized spacial score (nSPS) is 10.7. The summed E-state index contributed by atoms with van der Waals surface area (Å²) < 4.78 is 1.00. The number of aromatic nitrogens is 2. The number of rotatable bonds is 4. The van der Waals surface area contributed by atoms with Gasteiger partial charge in [0.25, 0.3) is 5.91 Å². The van der Waals surface area contributed by atoms with Crippen molar-refractivity contribution in [2.75, 3.05) is 5.32 Å². The molecule has 1 aromatic carbocycles. The first-order chi connectivity index (χ1) is 11.0. The molecule has 2 aromatic heterocycles. The standard InChI is InChI=1S/C14H13N5O2S2/c1-7-11(12(15)20)23-10(17-7)6-16-13(21)19-14-18-8-4-2-3-5-9(8)22-14/h2-5H,6H2,1H3,(H2,15,20)(H2,16,18,19,21). The van der Waals surface area contributed by atoms with Crippen LogP contribution in [0.15, 0.2) is 24.3 Å². The Hall–Kier alpha value is -2.52. The molecule has 3 aromatic rings. The van der Waals surface area contributed by atoms with Crippen LogP contribution in [-0.4, -0.2) is 21.9 Å². The predicted molar refractivity (Wildman–Crippen MR) is 90.8 cm³/mol. The third kappa shape index (κ3) is 3.46. The number of hydrogen-bond donors (Lipinski definition) is 3. The second kappa shape index (κ2) is 6.31. The Balaban J connectivity index is 1.61. The van der Waals surface area contributed by atoms with E-state index in [9.17, 15) is 9.59 Å². The molecular formula is C14H13N5O2S2. The number of fused-ring (bicyclic) bond motifs is 1. The third-order valence-electron chi connectivity index (χ3n) is 2.98. The lowest BCUT2D eigenvalue weighted by atomic mass is 10.3. The lowest BCUT2D eigenvalue weighted by molar-refractivity contribution is 0.100. The van der Waals surface area contributed by atoms with E-state index in [1.807, 2.05) is 24.3 Å². The van der Waals surface area contributed by atoms with Crippen LogP contribution in [0.2, 0.25) is 0 Å². The molecule has 0 saturated carbocycles. The maximum absolute atomic E-state index is 11.9. The molecule has 0 aliphatic carbocycles. The van der Waals surface area contributed by atoms with Crippen molar-refractivity contribution in [1.82, 2.24) is 15.3 Å². The summed E-state index contributed by atoms with van der Waals surface area (Å²) in [5, 5.41) is 6.52. The maximum atomic E-state index is 11.9. The molecule has 118 valence electrons. The van der Waals surface area contributed by atoms with Crippen LogP contribution < -0.4 is 16.4 Å². The van der Waals surface area contributed by atoms with E-state index in [0.717, 1.165) is 10.2 Å². The molecule has 0 bridgehead atoms. The molecule has 0 aliphatic heterocycles. The predicted octanol–water partition coefficient (Wildman–Crippen LogP) is 2.48. The quantitative estimate of drug-likeness (QED) is 0.673. The van der Waals surface area contributed by atoms with Crippen molar-refractivity contribution in [3.63, 3.8) is 0 Å². The highest BCUT2D eigenvalue weighted by Gasteiger charge is 2.13. The van der Waals surface area contributed by atoms with E-state index in [1.165, 1.54) is 22.7 Å². The van der Waals surface area contributed by atoms with Crippen molar-refractivity contribution in [3.8, 4) is 0 Å². The molecule has 9 heteroatoms. The van der Waals surface area contributed by atoms with Crippen molar-refractivity contribution < 1.29 is 9.59 Å². The number of aryl methyl sites for hydroxylation is 1. The zero-order valence-electron chi connectivity index (χ0n) is 12.1. The van der Waals surface area contributed by atoms with E-state index in [-0.39, 0.29) is 12.6 Å². The minimum atomic E-state index is -0.509. The number of nitrogens with zero attached hydrogens (tertiary/aromatic N) is 2. The summed E-state index contributed by atoms with van der Waals surface area (Å²) in [5.74, 6) is -0.509. The SMILES string of the molecule is Cc1nc(CNC(=O)Nc2nc3ccccc3s2)sc1C(N)=O.